The van der Waals surface area contributed by atoms with Gasteiger partial charge in [-0.25, -0.2) is 0 Å². The third kappa shape index (κ3) is 2.70. The summed E-state index contributed by atoms with van der Waals surface area (Å²) in [5.74, 6) is 0.806. The van der Waals surface area contributed by atoms with Crippen LogP contribution in [0.25, 0.3) is 0 Å². The molecule has 0 amide bonds. The molecule has 1 aromatic carbocycles. The minimum absolute atomic E-state index is 0.0741. The van der Waals surface area contributed by atoms with Gasteiger partial charge in [0.2, 0.25) is 0 Å². The molecule has 4 heteroatoms. The first-order valence-electron chi connectivity index (χ1n) is 6.70. The SMILES string of the molecule is COc1c(O)ccc2c1CN(C)C(/C(C)=C/C(C)=O)C2. The summed E-state index contributed by atoms with van der Waals surface area (Å²) in [6, 6.07) is 3.82. The van der Waals surface area contributed by atoms with Crippen molar-refractivity contribution < 1.29 is 14.6 Å². The number of phenols is 1. The molecule has 1 unspecified atom stereocenters. The zero-order valence-corrected chi connectivity index (χ0v) is 12.4. The number of phenolic OH excluding ortho intramolecular Hbond substituents is 1. The quantitative estimate of drug-likeness (QED) is 0.860. The normalized spacial score (nSPS) is 19.6. The molecule has 2 rings (SSSR count). The predicted molar refractivity (Wildman–Crippen MR) is 78.1 cm³/mol. The molecule has 4 nitrogen and oxygen atoms in total. The number of aromatic hydroxyl groups is 1. The third-order valence-corrected chi connectivity index (χ3v) is 3.85. The number of allylic oxidation sites excluding steroid dienone is 1. The van der Waals surface area contributed by atoms with Gasteiger partial charge in [0.25, 0.3) is 0 Å². The molecule has 20 heavy (non-hydrogen) atoms. The summed E-state index contributed by atoms with van der Waals surface area (Å²) in [5.41, 5.74) is 3.26. The number of carbonyl (C=O) groups excluding carboxylic acids is 1. The number of ether oxygens (including phenoxy) is 1. The highest BCUT2D eigenvalue weighted by Crippen LogP contribution is 2.37. The van der Waals surface area contributed by atoms with E-state index < -0.39 is 0 Å². The fourth-order valence-electron chi connectivity index (χ4n) is 2.90. The van der Waals surface area contributed by atoms with Crippen LogP contribution in [-0.2, 0) is 17.8 Å². The molecule has 1 aliphatic rings. The number of rotatable bonds is 3. The molecule has 0 aliphatic carbocycles. The lowest BCUT2D eigenvalue weighted by atomic mass is 9.89. The Balaban J connectivity index is 2.37. The van der Waals surface area contributed by atoms with Crippen molar-refractivity contribution in [2.24, 2.45) is 0 Å². The van der Waals surface area contributed by atoms with Crippen LogP contribution in [0.5, 0.6) is 11.5 Å². The molecule has 0 radical (unpaired) electrons. The fraction of sp³-hybridized carbons (Fsp3) is 0.438. The molecular formula is C16H21NO3. The van der Waals surface area contributed by atoms with Crippen LogP contribution in [0, 0.1) is 0 Å². The summed E-state index contributed by atoms with van der Waals surface area (Å²) in [6.45, 7) is 4.26. The Kier molecular flexibility index (Phi) is 4.14. The van der Waals surface area contributed by atoms with Crippen LogP contribution in [-0.4, -0.2) is 36.0 Å². The Morgan fingerprint density at radius 3 is 2.75 bits per heavy atom. The Bertz CT molecular complexity index is 563. The van der Waals surface area contributed by atoms with Crippen molar-refractivity contribution in [3.63, 3.8) is 0 Å². The largest absolute Gasteiger partial charge is 0.504 e. The van der Waals surface area contributed by atoms with Crippen molar-refractivity contribution in [2.75, 3.05) is 14.2 Å². The van der Waals surface area contributed by atoms with Gasteiger partial charge in [0.15, 0.2) is 17.3 Å². The minimum atomic E-state index is 0.0741. The lowest BCUT2D eigenvalue weighted by Gasteiger charge is -2.35. The number of hydrogen-bond acceptors (Lipinski definition) is 4. The smallest absolute Gasteiger partial charge is 0.165 e. The van der Waals surface area contributed by atoms with E-state index in [4.69, 9.17) is 4.74 Å². The van der Waals surface area contributed by atoms with E-state index >= 15 is 0 Å². The summed E-state index contributed by atoms with van der Waals surface area (Å²) in [6.07, 6.45) is 2.52. The lowest BCUT2D eigenvalue weighted by molar-refractivity contribution is -0.112. The van der Waals surface area contributed by atoms with Crippen molar-refractivity contribution in [1.29, 1.82) is 0 Å². The van der Waals surface area contributed by atoms with Crippen molar-refractivity contribution in [3.8, 4) is 11.5 Å². The van der Waals surface area contributed by atoms with Crippen LogP contribution >= 0.6 is 0 Å². The number of fused-ring (bicyclic) bond motifs is 1. The Hall–Kier alpha value is -1.81. The van der Waals surface area contributed by atoms with Crippen molar-refractivity contribution >= 4 is 5.78 Å². The number of likely N-dealkylation sites (N-methyl/N-ethyl adjacent to an activating group) is 1. The van der Waals surface area contributed by atoms with Gasteiger partial charge in [-0.05, 0) is 45.0 Å². The number of hydrogen-bond donors (Lipinski definition) is 1. The molecule has 1 heterocycles. The average molecular weight is 275 g/mol. The van der Waals surface area contributed by atoms with Crippen molar-refractivity contribution in [1.82, 2.24) is 4.90 Å². The van der Waals surface area contributed by atoms with Gasteiger partial charge in [0, 0.05) is 18.2 Å². The first kappa shape index (κ1) is 14.6. The van der Waals surface area contributed by atoms with Gasteiger partial charge in [-0.1, -0.05) is 11.6 Å². The van der Waals surface area contributed by atoms with Gasteiger partial charge in [-0.2, -0.15) is 0 Å². The molecule has 0 saturated carbocycles. The van der Waals surface area contributed by atoms with E-state index in [-0.39, 0.29) is 17.6 Å². The van der Waals surface area contributed by atoms with Gasteiger partial charge in [0.1, 0.15) is 0 Å². The predicted octanol–water partition coefficient (Wildman–Crippen LogP) is 2.29. The van der Waals surface area contributed by atoms with Gasteiger partial charge in [-0.3, -0.25) is 9.69 Å². The number of carbonyl (C=O) groups is 1. The number of benzene rings is 1. The maximum Gasteiger partial charge on any atom is 0.165 e. The molecule has 0 spiro atoms. The zero-order chi connectivity index (χ0) is 14.9. The third-order valence-electron chi connectivity index (χ3n) is 3.85. The molecule has 108 valence electrons. The van der Waals surface area contributed by atoms with Gasteiger partial charge >= 0.3 is 0 Å². The molecule has 1 atom stereocenters. The zero-order valence-electron chi connectivity index (χ0n) is 12.4. The van der Waals surface area contributed by atoms with Crippen LogP contribution < -0.4 is 4.74 Å². The molecule has 0 saturated heterocycles. The highest BCUT2D eigenvalue weighted by molar-refractivity contribution is 5.88. The summed E-state index contributed by atoms with van der Waals surface area (Å²) < 4.78 is 5.31. The average Bonchev–Trinajstić information content (AvgIpc) is 2.37. The molecular weight excluding hydrogens is 254 g/mol. The van der Waals surface area contributed by atoms with Crippen molar-refractivity contribution in [3.05, 3.63) is 34.9 Å². The van der Waals surface area contributed by atoms with Crippen LogP contribution in [0.1, 0.15) is 25.0 Å². The molecule has 1 aliphatic heterocycles. The van der Waals surface area contributed by atoms with E-state index in [2.05, 4.69) is 4.90 Å². The topological polar surface area (TPSA) is 49.8 Å². The fourth-order valence-corrected chi connectivity index (χ4v) is 2.90. The van der Waals surface area contributed by atoms with Crippen LogP contribution in [0.15, 0.2) is 23.8 Å². The first-order valence-corrected chi connectivity index (χ1v) is 6.70. The van der Waals surface area contributed by atoms with E-state index in [9.17, 15) is 9.90 Å². The summed E-state index contributed by atoms with van der Waals surface area (Å²) in [7, 11) is 3.59. The van der Waals surface area contributed by atoms with Gasteiger partial charge in [0.05, 0.1) is 7.11 Å². The number of methoxy groups -OCH3 is 1. The summed E-state index contributed by atoms with van der Waals surface area (Å²) >= 11 is 0. The van der Waals surface area contributed by atoms with Crippen LogP contribution in [0.2, 0.25) is 0 Å². The summed E-state index contributed by atoms with van der Waals surface area (Å²) in [4.78, 5) is 13.4. The van der Waals surface area contributed by atoms with E-state index in [1.165, 1.54) is 5.56 Å². The highest BCUT2D eigenvalue weighted by atomic mass is 16.5. The Morgan fingerprint density at radius 1 is 1.45 bits per heavy atom. The van der Waals surface area contributed by atoms with E-state index in [1.54, 1.807) is 26.2 Å². The van der Waals surface area contributed by atoms with Crippen molar-refractivity contribution in [2.45, 2.75) is 32.9 Å². The van der Waals surface area contributed by atoms with Gasteiger partial charge in [-0.15, -0.1) is 0 Å². The standard InChI is InChI=1S/C16H21NO3/c1-10(7-11(2)18)14-8-12-5-6-15(19)16(20-4)13(12)9-17(14)3/h5-7,14,19H,8-9H2,1-4H3/b10-7+. The Labute approximate surface area is 119 Å². The second kappa shape index (κ2) is 5.67. The number of ketones is 1. The minimum Gasteiger partial charge on any atom is -0.504 e. The van der Waals surface area contributed by atoms with E-state index in [1.807, 2.05) is 20.0 Å². The second-order valence-electron chi connectivity index (χ2n) is 5.39. The Morgan fingerprint density at radius 2 is 2.15 bits per heavy atom. The molecule has 0 aromatic heterocycles. The molecule has 0 bridgehead atoms. The second-order valence-corrected chi connectivity index (χ2v) is 5.39. The maximum atomic E-state index is 11.2. The first-order chi connectivity index (χ1) is 9.43. The monoisotopic (exact) mass is 275 g/mol. The van der Waals surface area contributed by atoms with E-state index in [0.29, 0.717) is 12.3 Å². The molecule has 1 N–H and O–H groups in total. The highest BCUT2D eigenvalue weighted by Gasteiger charge is 2.27. The molecule has 1 aromatic rings. The number of nitrogens with zero attached hydrogens (tertiary/aromatic N) is 1. The van der Waals surface area contributed by atoms with Gasteiger partial charge < -0.3 is 9.84 Å². The molecule has 0 fully saturated rings. The lowest BCUT2D eigenvalue weighted by Crippen LogP contribution is -2.38. The van der Waals surface area contributed by atoms with Crippen LogP contribution in [0.3, 0.4) is 0 Å². The summed E-state index contributed by atoms with van der Waals surface area (Å²) in [5, 5.41) is 9.85. The van der Waals surface area contributed by atoms with Crippen LogP contribution in [0.4, 0.5) is 0 Å². The van der Waals surface area contributed by atoms with E-state index in [0.717, 1.165) is 17.6 Å². The maximum absolute atomic E-state index is 11.2.